The standard InChI is InChI=1S/C17H28N4O3/c1-5-24-17(23)15-9-12(13-6-7-18-21-13)16(20-15)14(8-10(2)3)19-11(4)22/h6-7,10,12,14-16,20H,5,8-9H2,1-4H3,(H,18,21)(H,19,22)/t12-,14-,15+,16+/m0/s1. The van der Waals surface area contributed by atoms with Gasteiger partial charge in [0.1, 0.15) is 6.04 Å². The number of carbonyl (C=O) groups excluding carboxylic acids is 2. The highest BCUT2D eigenvalue weighted by atomic mass is 16.5. The number of amides is 1. The maximum Gasteiger partial charge on any atom is 0.323 e. The first-order chi connectivity index (χ1) is 11.4. The molecule has 7 heteroatoms. The summed E-state index contributed by atoms with van der Waals surface area (Å²) in [5.74, 6) is 0.154. The molecule has 0 aromatic carbocycles. The van der Waals surface area contributed by atoms with E-state index in [1.54, 1.807) is 13.1 Å². The Balaban J connectivity index is 2.23. The number of esters is 1. The van der Waals surface area contributed by atoms with Gasteiger partial charge in [-0.25, -0.2) is 0 Å². The molecule has 1 aromatic heterocycles. The smallest absolute Gasteiger partial charge is 0.323 e. The fraction of sp³-hybridized carbons (Fsp3) is 0.706. The highest BCUT2D eigenvalue weighted by Gasteiger charge is 2.43. The molecule has 0 spiro atoms. The van der Waals surface area contributed by atoms with Crippen molar-refractivity contribution in [3.05, 3.63) is 18.0 Å². The second kappa shape index (κ2) is 8.28. The predicted octanol–water partition coefficient (Wildman–Crippen LogP) is 1.34. The SMILES string of the molecule is CCOC(=O)[C@H]1C[C@@H](c2cc[nH]n2)[C@H]([C@H](CC(C)C)NC(C)=O)N1. The van der Waals surface area contributed by atoms with Crippen LogP contribution in [-0.2, 0) is 14.3 Å². The topological polar surface area (TPSA) is 96.1 Å². The number of nitrogens with one attached hydrogen (secondary N) is 3. The van der Waals surface area contributed by atoms with Gasteiger partial charge in [-0.2, -0.15) is 5.10 Å². The lowest BCUT2D eigenvalue weighted by molar-refractivity contribution is -0.145. The summed E-state index contributed by atoms with van der Waals surface area (Å²) >= 11 is 0. The Morgan fingerprint density at radius 3 is 2.75 bits per heavy atom. The van der Waals surface area contributed by atoms with Crippen LogP contribution in [0.1, 0.15) is 52.1 Å². The Hall–Kier alpha value is -1.89. The van der Waals surface area contributed by atoms with Crippen molar-refractivity contribution in [2.45, 2.75) is 64.6 Å². The van der Waals surface area contributed by atoms with E-state index in [9.17, 15) is 9.59 Å². The second-order valence-corrected chi connectivity index (χ2v) is 6.77. The first kappa shape index (κ1) is 18.4. The van der Waals surface area contributed by atoms with Crippen LogP contribution in [0.2, 0.25) is 0 Å². The van der Waals surface area contributed by atoms with Crippen molar-refractivity contribution in [2.24, 2.45) is 5.92 Å². The molecule has 1 aliphatic heterocycles. The molecule has 2 heterocycles. The van der Waals surface area contributed by atoms with Gasteiger partial charge in [-0.05, 0) is 31.7 Å². The molecular formula is C17H28N4O3. The number of aromatic nitrogens is 2. The van der Waals surface area contributed by atoms with Crippen LogP contribution in [0.25, 0.3) is 0 Å². The van der Waals surface area contributed by atoms with E-state index in [4.69, 9.17) is 4.74 Å². The number of hydrogen-bond donors (Lipinski definition) is 3. The van der Waals surface area contributed by atoms with Gasteiger partial charge in [-0.15, -0.1) is 0 Å². The summed E-state index contributed by atoms with van der Waals surface area (Å²) in [6, 6.07) is 1.42. The van der Waals surface area contributed by atoms with Crippen LogP contribution in [-0.4, -0.2) is 46.8 Å². The maximum atomic E-state index is 12.2. The molecule has 0 radical (unpaired) electrons. The summed E-state index contributed by atoms with van der Waals surface area (Å²) < 4.78 is 5.16. The summed E-state index contributed by atoms with van der Waals surface area (Å²) in [6.07, 6.45) is 3.22. The molecule has 1 fully saturated rings. The van der Waals surface area contributed by atoms with E-state index in [-0.39, 0.29) is 35.9 Å². The highest BCUT2D eigenvalue weighted by molar-refractivity contribution is 5.77. The lowest BCUT2D eigenvalue weighted by Crippen LogP contribution is -2.51. The Labute approximate surface area is 142 Å². The number of rotatable bonds is 7. The van der Waals surface area contributed by atoms with Gasteiger partial charge in [0.25, 0.3) is 0 Å². The number of H-pyrrole nitrogens is 1. The van der Waals surface area contributed by atoms with E-state index in [1.807, 2.05) is 6.07 Å². The van der Waals surface area contributed by atoms with Gasteiger partial charge >= 0.3 is 5.97 Å². The van der Waals surface area contributed by atoms with Crippen LogP contribution in [0.3, 0.4) is 0 Å². The largest absolute Gasteiger partial charge is 0.465 e. The first-order valence-electron chi connectivity index (χ1n) is 8.61. The second-order valence-electron chi connectivity index (χ2n) is 6.77. The minimum Gasteiger partial charge on any atom is -0.465 e. The minimum atomic E-state index is -0.375. The molecule has 0 aliphatic carbocycles. The Morgan fingerprint density at radius 1 is 1.46 bits per heavy atom. The van der Waals surface area contributed by atoms with Crippen LogP contribution < -0.4 is 10.6 Å². The minimum absolute atomic E-state index is 0.0428. The lowest BCUT2D eigenvalue weighted by atomic mass is 9.87. The van der Waals surface area contributed by atoms with Crippen LogP contribution in [0.5, 0.6) is 0 Å². The van der Waals surface area contributed by atoms with Crippen LogP contribution in [0.15, 0.2) is 12.3 Å². The zero-order chi connectivity index (χ0) is 17.7. The third-order valence-electron chi connectivity index (χ3n) is 4.34. The van der Waals surface area contributed by atoms with Crippen molar-refractivity contribution in [3.8, 4) is 0 Å². The fourth-order valence-corrected chi connectivity index (χ4v) is 3.47. The molecule has 134 valence electrons. The van der Waals surface area contributed by atoms with E-state index in [0.717, 1.165) is 12.1 Å². The molecule has 1 saturated heterocycles. The lowest BCUT2D eigenvalue weighted by Gasteiger charge is -2.30. The van der Waals surface area contributed by atoms with Gasteiger partial charge in [0.2, 0.25) is 5.91 Å². The molecule has 7 nitrogen and oxygen atoms in total. The van der Waals surface area contributed by atoms with Gasteiger partial charge in [0.15, 0.2) is 0 Å². The monoisotopic (exact) mass is 336 g/mol. The Kier molecular flexibility index (Phi) is 6.36. The van der Waals surface area contributed by atoms with Crippen molar-refractivity contribution in [1.82, 2.24) is 20.8 Å². The number of hydrogen-bond acceptors (Lipinski definition) is 5. The molecule has 1 aromatic rings. The molecule has 0 bridgehead atoms. The third kappa shape index (κ3) is 4.56. The number of ether oxygens (including phenoxy) is 1. The van der Waals surface area contributed by atoms with Crippen LogP contribution >= 0.6 is 0 Å². The van der Waals surface area contributed by atoms with Crippen LogP contribution in [0.4, 0.5) is 0 Å². The highest BCUT2D eigenvalue weighted by Crippen LogP contribution is 2.33. The van der Waals surface area contributed by atoms with Gasteiger partial charge in [-0.3, -0.25) is 20.0 Å². The average molecular weight is 336 g/mol. The number of aromatic amines is 1. The van der Waals surface area contributed by atoms with Crippen molar-refractivity contribution < 1.29 is 14.3 Å². The van der Waals surface area contributed by atoms with Crippen molar-refractivity contribution in [3.63, 3.8) is 0 Å². The first-order valence-corrected chi connectivity index (χ1v) is 8.61. The summed E-state index contributed by atoms with van der Waals surface area (Å²) in [5, 5.41) is 13.6. The zero-order valence-corrected chi connectivity index (χ0v) is 14.8. The average Bonchev–Trinajstić information content (AvgIpc) is 3.15. The van der Waals surface area contributed by atoms with E-state index >= 15 is 0 Å². The van der Waals surface area contributed by atoms with Gasteiger partial charge < -0.3 is 10.1 Å². The molecule has 1 amide bonds. The van der Waals surface area contributed by atoms with Gasteiger partial charge in [-0.1, -0.05) is 13.8 Å². The van der Waals surface area contributed by atoms with E-state index in [1.165, 1.54) is 6.92 Å². The molecule has 0 unspecified atom stereocenters. The number of carbonyl (C=O) groups is 2. The summed E-state index contributed by atoms with van der Waals surface area (Å²) in [6.45, 7) is 7.92. The molecular weight excluding hydrogens is 308 g/mol. The maximum absolute atomic E-state index is 12.2. The number of nitrogens with zero attached hydrogens (tertiary/aromatic N) is 1. The van der Waals surface area contributed by atoms with E-state index in [0.29, 0.717) is 18.9 Å². The quantitative estimate of drug-likeness (QED) is 0.653. The molecule has 1 aliphatic rings. The zero-order valence-electron chi connectivity index (χ0n) is 14.8. The van der Waals surface area contributed by atoms with Crippen molar-refractivity contribution in [2.75, 3.05) is 6.61 Å². The fourth-order valence-electron chi connectivity index (χ4n) is 3.47. The Bertz CT molecular complexity index is 544. The normalized spacial score (nSPS) is 24.8. The summed E-state index contributed by atoms with van der Waals surface area (Å²) in [4.78, 5) is 23.8. The third-order valence-corrected chi connectivity index (χ3v) is 4.34. The molecule has 0 saturated carbocycles. The van der Waals surface area contributed by atoms with E-state index < -0.39 is 0 Å². The summed E-state index contributed by atoms with van der Waals surface area (Å²) in [7, 11) is 0. The predicted molar refractivity (Wildman–Crippen MR) is 90.4 cm³/mol. The summed E-state index contributed by atoms with van der Waals surface area (Å²) in [5.41, 5.74) is 0.901. The van der Waals surface area contributed by atoms with Crippen LogP contribution in [0, 0.1) is 5.92 Å². The van der Waals surface area contributed by atoms with E-state index in [2.05, 4.69) is 34.7 Å². The molecule has 2 rings (SSSR count). The Morgan fingerprint density at radius 2 is 2.21 bits per heavy atom. The van der Waals surface area contributed by atoms with Crippen molar-refractivity contribution in [1.29, 1.82) is 0 Å². The molecule has 4 atom stereocenters. The van der Waals surface area contributed by atoms with Gasteiger partial charge in [0, 0.05) is 31.1 Å². The molecule has 24 heavy (non-hydrogen) atoms. The molecule has 3 N–H and O–H groups in total. The van der Waals surface area contributed by atoms with Crippen molar-refractivity contribution >= 4 is 11.9 Å². The van der Waals surface area contributed by atoms with Gasteiger partial charge in [0.05, 0.1) is 12.3 Å².